The van der Waals surface area contributed by atoms with E-state index in [-0.39, 0.29) is 5.70 Å². The molecule has 0 heterocycles. The van der Waals surface area contributed by atoms with Crippen LogP contribution in [-0.4, -0.2) is 24.0 Å². The van der Waals surface area contributed by atoms with Gasteiger partial charge in [0.05, 0.1) is 17.7 Å². The van der Waals surface area contributed by atoms with Gasteiger partial charge in [0.25, 0.3) is 6.20 Å². The standard InChI is InChI=1S/C8H15N3O4/c1-15-8(12)7(10)4-2-3-6(9)5-11(13)14/h5,7H,2-4,9-10H2,1H3. The Hall–Kier alpha value is -1.63. The van der Waals surface area contributed by atoms with E-state index < -0.39 is 16.9 Å². The van der Waals surface area contributed by atoms with E-state index in [9.17, 15) is 14.9 Å². The molecule has 0 fully saturated rings. The molecule has 86 valence electrons. The molecule has 15 heavy (non-hydrogen) atoms. The number of ether oxygens (including phenoxy) is 1. The van der Waals surface area contributed by atoms with Crippen LogP contribution in [0, 0.1) is 10.1 Å². The molecule has 0 aromatic heterocycles. The second-order valence-corrected chi connectivity index (χ2v) is 3.01. The minimum Gasteiger partial charge on any atom is -0.468 e. The Labute approximate surface area is 87.2 Å². The van der Waals surface area contributed by atoms with E-state index in [0.717, 1.165) is 6.20 Å². The van der Waals surface area contributed by atoms with Gasteiger partial charge in [0.15, 0.2) is 0 Å². The molecule has 1 atom stereocenters. The lowest BCUT2D eigenvalue weighted by Crippen LogP contribution is -2.31. The Balaban J connectivity index is 3.80. The molecule has 0 rings (SSSR count). The maximum Gasteiger partial charge on any atom is 0.322 e. The van der Waals surface area contributed by atoms with Gasteiger partial charge in [-0.3, -0.25) is 14.9 Å². The highest BCUT2D eigenvalue weighted by atomic mass is 16.6. The van der Waals surface area contributed by atoms with E-state index in [1.807, 2.05) is 0 Å². The normalized spacial score (nSPS) is 13.3. The first-order valence-electron chi connectivity index (χ1n) is 4.40. The summed E-state index contributed by atoms with van der Waals surface area (Å²) in [6, 6.07) is -0.696. The van der Waals surface area contributed by atoms with Gasteiger partial charge >= 0.3 is 5.97 Å². The third-order valence-corrected chi connectivity index (χ3v) is 1.76. The molecule has 0 aliphatic rings. The number of nitrogens with two attached hydrogens (primary N) is 2. The topological polar surface area (TPSA) is 121 Å². The van der Waals surface area contributed by atoms with Crippen molar-refractivity contribution in [2.45, 2.75) is 25.3 Å². The van der Waals surface area contributed by atoms with Crippen LogP contribution < -0.4 is 11.5 Å². The monoisotopic (exact) mass is 217 g/mol. The Morgan fingerprint density at radius 2 is 2.27 bits per heavy atom. The zero-order chi connectivity index (χ0) is 11.8. The summed E-state index contributed by atoms with van der Waals surface area (Å²) in [6.45, 7) is 0. The number of hydrogen-bond donors (Lipinski definition) is 2. The molecule has 7 nitrogen and oxygen atoms in total. The molecule has 1 unspecified atom stereocenters. The summed E-state index contributed by atoms with van der Waals surface area (Å²) in [5.41, 5.74) is 10.9. The summed E-state index contributed by atoms with van der Waals surface area (Å²) < 4.78 is 4.42. The molecule has 0 radical (unpaired) electrons. The number of rotatable bonds is 6. The molecule has 0 amide bonds. The van der Waals surface area contributed by atoms with E-state index >= 15 is 0 Å². The summed E-state index contributed by atoms with van der Waals surface area (Å²) >= 11 is 0. The average Bonchev–Trinajstić information content (AvgIpc) is 2.15. The van der Waals surface area contributed by atoms with Crippen LogP contribution in [0.3, 0.4) is 0 Å². The third kappa shape index (κ3) is 6.44. The minimum absolute atomic E-state index is 0.164. The zero-order valence-electron chi connectivity index (χ0n) is 8.51. The van der Waals surface area contributed by atoms with Crippen LogP contribution in [0.1, 0.15) is 19.3 Å². The third-order valence-electron chi connectivity index (χ3n) is 1.76. The fourth-order valence-electron chi connectivity index (χ4n) is 0.995. The number of allylic oxidation sites excluding steroid dienone is 1. The van der Waals surface area contributed by atoms with Crippen molar-refractivity contribution in [1.29, 1.82) is 0 Å². The van der Waals surface area contributed by atoms with Crippen LogP contribution in [-0.2, 0) is 9.53 Å². The van der Waals surface area contributed by atoms with Gasteiger partial charge < -0.3 is 16.2 Å². The maximum absolute atomic E-state index is 10.9. The van der Waals surface area contributed by atoms with Crippen LogP contribution in [0.5, 0.6) is 0 Å². The highest BCUT2D eigenvalue weighted by Crippen LogP contribution is 2.04. The van der Waals surface area contributed by atoms with Crippen molar-refractivity contribution in [3.63, 3.8) is 0 Å². The van der Waals surface area contributed by atoms with Crippen LogP contribution in [0.4, 0.5) is 0 Å². The van der Waals surface area contributed by atoms with Crippen LogP contribution in [0.15, 0.2) is 11.9 Å². The van der Waals surface area contributed by atoms with Crippen molar-refractivity contribution in [3.05, 3.63) is 22.0 Å². The van der Waals surface area contributed by atoms with E-state index in [0.29, 0.717) is 19.3 Å². The van der Waals surface area contributed by atoms with Crippen molar-refractivity contribution >= 4 is 5.97 Å². The number of nitrogens with zero attached hydrogens (tertiary/aromatic N) is 1. The summed E-state index contributed by atoms with van der Waals surface area (Å²) in [5, 5.41) is 10.0. The number of carbonyl (C=O) groups is 1. The fraction of sp³-hybridized carbons (Fsp3) is 0.625. The molecule has 7 heteroatoms. The molecule has 0 saturated carbocycles. The molecule has 0 aromatic carbocycles. The maximum atomic E-state index is 10.9. The molecule has 0 bridgehead atoms. The number of methoxy groups -OCH3 is 1. The number of esters is 1. The van der Waals surface area contributed by atoms with Crippen LogP contribution >= 0.6 is 0 Å². The van der Waals surface area contributed by atoms with Gasteiger partial charge in [-0.05, 0) is 19.3 Å². The molecule has 0 aliphatic heterocycles. The van der Waals surface area contributed by atoms with Gasteiger partial charge in [0.1, 0.15) is 6.04 Å². The average molecular weight is 217 g/mol. The van der Waals surface area contributed by atoms with Crippen molar-refractivity contribution in [3.8, 4) is 0 Å². The fourth-order valence-corrected chi connectivity index (χ4v) is 0.995. The summed E-state index contributed by atoms with van der Waals surface area (Å²) in [6.07, 6.45) is 1.97. The predicted octanol–water partition coefficient (Wildman–Crippen LogP) is -0.266. The molecule has 4 N–H and O–H groups in total. The number of nitro groups is 1. The Morgan fingerprint density at radius 3 is 2.73 bits per heavy atom. The van der Waals surface area contributed by atoms with Gasteiger partial charge in [-0.15, -0.1) is 0 Å². The largest absolute Gasteiger partial charge is 0.468 e. The smallest absolute Gasteiger partial charge is 0.322 e. The van der Waals surface area contributed by atoms with Crippen molar-refractivity contribution in [2.75, 3.05) is 7.11 Å². The van der Waals surface area contributed by atoms with Gasteiger partial charge in [-0.1, -0.05) is 0 Å². The second kappa shape index (κ2) is 6.77. The lowest BCUT2D eigenvalue weighted by Gasteiger charge is -2.07. The minimum atomic E-state index is -0.696. The molecule has 0 aliphatic carbocycles. The zero-order valence-corrected chi connectivity index (χ0v) is 8.51. The molecular formula is C8H15N3O4. The molecule has 0 aromatic rings. The Kier molecular flexibility index (Phi) is 6.03. The molecule has 0 saturated heterocycles. The lowest BCUT2D eigenvalue weighted by molar-refractivity contribution is -0.403. The van der Waals surface area contributed by atoms with Crippen LogP contribution in [0.25, 0.3) is 0 Å². The van der Waals surface area contributed by atoms with Gasteiger partial charge in [-0.2, -0.15) is 0 Å². The van der Waals surface area contributed by atoms with E-state index in [4.69, 9.17) is 11.5 Å². The van der Waals surface area contributed by atoms with Gasteiger partial charge in [0, 0.05) is 0 Å². The first-order valence-corrected chi connectivity index (χ1v) is 4.40. The number of hydrogen-bond acceptors (Lipinski definition) is 6. The van der Waals surface area contributed by atoms with E-state index in [2.05, 4.69) is 4.74 Å². The van der Waals surface area contributed by atoms with E-state index in [1.54, 1.807) is 0 Å². The summed E-state index contributed by atoms with van der Waals surface area (Å²) in [5.74, 6) is -0.494. The predicted molar refractivity (Wildman–Crippen MR) is 53.1 cm³/mol. The van der Waals surface area contributed by atoms with Crippen molar-refractivity contribution in [2.24, 2.45) is 11.5 Å². The Bertz CT molecular complexity index is 265. The first kappa shape index (κ1) is 13.4. The van der Waals surface area contributed by atoms with Crippen molar-refractivity contribution in [1.82, 2.24) is 0 Å². The first-order chi connectivity index (χ1) is 6.97. The van der Waals surface area contributed by atoms with Crippen LogP contribution in [0.2, 0.25) is 0 Å². The van der Waals surface area contributed by atoms with E-state index in [1.165, 1.54) is 7.11 Å². The highest BCUT2D eigenvalue weighted by molar-refractivity contribution is 5.75. The Morgan fingerprint density at radius 1 is 1.67 bits per heavy atom. The molecular weight excluding hydrogens is 202 g/mol. The lowest BCUT2D eigenvalue weighted by atomic mass is 10.1. The van der Waals surface area contributed by atoms with Crippen molar-refractivity contribution < 1.29 is 14.5 Å². The second-order valence-electron chi connectivity index (χ2n) is 3.01. The number of carbonyl (C=O) groups excluding carboxylic acids is 1. The quantitative estimate of drug-likeness (QED) is 0.359. The van der Waals surface area contributed by atoms with Gasteiger partial charge in [-0.25, -0.2) is 0 Å². The molecule has 0 spiro atoms. The summed E-state index contributed by atoms with van der Waals surface area (Å²) in [7, 11) is 1.25. The SMILES string of the molecule is COC(=O)C(N)CCCC(N)=C[N+](=O)[O-]. The highest BCUT2D eigenvalue weighted by Gasteiger charge is 2.12. The van der Waals surface area contributed by atoms with Gasteiger partial charge in [0.2, 0.25) is 0 Å². The summed E-state index contributed by atoms with van der Waals surface area (Å²) in [4.78, 5) is 20.3.